The first-order valence-corrected chi connectivity index (χ1v) is 11.7. The molecule has 0 aromatic heterocycles. The fourth-order valence-corrected chi connectivity index (χ4v) is 5.47. The SMILES string of the molecule is O=[P+](c1ccccc1)c1ccccc1Oc1ccccc1[P+](=O)c1ccccc1. The number of rotatable bonds is 6. The average Bonchev–Trinajstić information content (AvgIpc) is 2.80. The summed E-state index contributed by atoms with van der Waals surface area (Å²) < 4.78 is 32.4. The second kappa shape index (κ2) is 8.92. The highest BCUT2D eigenvalue weighted by atomic mass is 31.1. The van der Waals surface area contributed by atoms with Crippen molar-refractivity contribution in [2.75, 3.05) is 0 Å². The van der Waals surface area contributed by atoms with E-state index in [1.807, 2.05) is 84.9 Å². The largest absolute Gasteiger partial charge is 0.448 e. The van der Waals surface area contributed by atoms with Gasteiger partial charge in [-0.3, -0.25) is 0 Å². The lowest BCUT2D eigenvalue weighted by Crippen LogP contribution is -2.12. The molecule has 0 aliphatic carbocycles. The molecule has 4 aromatic carbocycles. The molecule has 2 unspecified atom stereocenters. The van der Waals surface area contributed by atoms with E-state index in [-0.39, 0.29) is 0 Å². The van der Waals surface area contributed by atoms with Crippen molar-refractivity contribution < 1.29 is 13.9 Å². The van der Waals surface area contributed by atoms with Gasteiger partial charge in [0.1, 0.15) is 0 Å². The van der Waals surface area contributed by atoms with Gasteiger partial charge in [-0.15, -0.1) is 0 Å². The number of hydrogen-bond acceptors (Lipinski definition) is 3. The van der Waals surface area contributed by atoms with Gasteiger partial charge >= 0.3 is 15.6 Å². The van der Waals surface area contributed by atoms with Gasteiger partial charge in [-0.25, -0.2) is 0 Å². The summed E-state index contributed by atoms with van der Waals surface area (Å²) in [6.45, 7) is 0. The fraction of sp³-hybridized carbons (Fsp3) is 0. The summed E-state index contributed by atoms with van der Waals surface area (Å²) in [6.07, 6.45) is 0. The lowest BCUT2D eigenvalue weighted by atomic mass is 10.3. The summed E-state index contributed by atoms with van der Waals surface area (Å²) in [7, 11) is -3.61. The van der Waals surface area contributed by atoms with Gasteiger partial charge in [-0.2, -0.15) is 0 Å². The van der Waals surface area contributed by atoms with E-state index in [1.54, 1.807) is 24.3 Å². The maximum atomic E-state index is 13.1. The maximum absolute atomic E-state index is 13.1. The molecular formula is C24H18O3P2+2. The van der Waals surface area contributed by atoms with Gasteiger partial charge in [0, 0.05) is 0 Å². The predicted octanol–water partition coefficient (Wildman–Crippen LogP) is 5.04. The molecule has 0 saturated carbocycles. The van der Waals surface area contributed by atoms with E-state index < -0.39 is 15.6 Å². The van der Waals surface area contributed by atoms with Crippen LogP contribution in [0.3, 0.4) is 0 Å². The first-order chi connectivity index (χ1) is 14.2. The standard InChI is InChI=1S/C24H18O3P2/c25-28(19-11-3-1-4-12-19)23-17-9-7-15-21(23)27-22-16-8-10-18-24(22)29(26)20-13-5-2-6-14-20/h1-18H/q+2. The first kappa shape index (κ1) is 19.2. The minimum absolute atomic E-state index is 0.501. The summed E-state index contributed by atoms with van der Waals surface area (Å²) in [4.78, 5) is 0. The molecular weight excluding hydrogens is 398 g/mol. The lowest BCUT2D eigenvalue weighted by molar-refractivity contribution is 0.489. The Hall–Kier alpha value is -3.12. The van der Waals surface area contributed by atoms with Crippen molar-refractivity contribution in [3.05, 3.63) is 109 Å². The number of ether oxygens (including phenoxy) is 1. The molecule has 0 fully saturated rings. The van der Waals surface area contributed by atoms with E-state index in [2.05, 4.69) is 0 Å². The summed E-state index contributed by atoms with van der Waals surface area (Å²) >= 11 is 0. The highest BCUT2D eigenvalue weighted by Crippen LogP contribution is 2.31. The van der Waals surface area contributed by atoms with Gasteiger partial charge in [0.15, 0.2) is 22.1 Å². The zero-order valence-electron chi connectivity index (χ0n) is 15.5. The Morgan fingerprint density at radius 3 is 1.21 bits per heavy atom. The van der Waals surface area contributed by atoms with Crippen LogP contribution in [0, 0.1) is 0 Å². The number of para-hydroxylation sites is 2. The molecule has 0 amide bonds. The minimum atomic E-state index is -1.80. The van der Waals surface area contributed by atoms with Crippen molar-refractivity contribution in [1.82, 2.24) is 0 Å². The zero-order valence-corrected chi connectivity index (χ0v) is 17.3. The Morgan fingerprint density at radius 2 is 0.793 bits per heavy atom. The van der Waals surface area contributed by atoms with Crippen LogP contribution >= 0.6 is 15.6 Å². The van der Waals surface area contributed by atoms with Crippen LogP contribution in [0.25, 0.3) is 0 Å². The normalized spacial score (nSPS) is 11.6. The molecule has 4 rings (SSSR count). The third-order valence-corrected chi connectivity index (χ3v) is 7.52. The molecule has 0 spiro atoms. The predicted molar refractivity (Wildman–Crippen MR) is 120 cm³/mol. The van der Waals surface area contributed by atoms with Crippen LogP contribution in [-0.2, 0) is 9.13 Å². The van der Waals surface area contributed by atoms with E-state index in [0.29, 0.717) is 22.1 Å². The first-order valence-electron chi connectivity index (χ1n) is 9.14. The van der Waals surface area contributed by atoms with Crippen molar-refractivity contribution in [1.29, 1.82) is 0 Å². The third kappa shape index (κ3) is 4.32. The van der Waals surface area contributed by atoms with Crippen molar-refractivity contribution in [2.45, 2.75) is 0 Å². The Balaban J connectivity index is 1.70. The molecule has 3 nitrogen and oxygen atoms in total. The minimum Gasteiger partial charge on any atom is -0.448 e. The fourth-order valence-electron chi connectivity index (χ4n) is 2.95. The van der Waals surface area contributed by atoms with Crippen LogP contribution < -0.4 is 26.0 Å². The van der Waals surface area contributed by atoms with Gasteiger partial charge in [0.2, 0.25) is 10.6 Å². The Labute approximate surface area is 171 Å². The van der Waals surface area contributed by atoms with Gasteiger partial charge < -0.3 is 4.74 Å². The topological polar surface area (TPSA) is 43.4 Å². The van der Waals surface area contributed by atoms with Crippen molar-refractivity contribution in [3.63, 3.8) is 0 Å². The summed E-state index contributed by atoms with van der Waals surface area (Å²) in [5.41, 5.74) is 0. The molecule has 2 atom stereocenters. The van der Waals surface area contributed by atoms with E-state index in [0.717, 1.165) is 10.6 Å². The lowest BCUT2D eigenvalue weighted by Gasteiger charge is -2.06. The summed E-state index contributed by atoms with van der Waals surface area (Å²) in [5.74, 6) is 1.00. The Morgan fingerprint density at radius 1 is 0.448 bits per heavy atom. The molecule has 0 aliphatic heterocycles. The second-order valence-electron chi connectivity index (χ2n) is 6.30. The van der Waals surface area contributed by atoms with Crippen LogP contribution in [0.5, 0.6) is 11.5 Å². The van der Waals surface area contributed by atoms with Crippen molar-refractivity contribution >= 4 is 36.8 Å². The number of hydrogen-bond donors (Lipinski definition) is 0. The summed E-state index contributed by atoms with van der Waals surface area (Å²) in [6, 6.07) is 33.2. The van der Waals surface area contributed by atoms with Gasteiger partial charge in [-0.1, -0.05) is 69.8 Å². The molecule has 0 N–H and O–H groups in total. The van der Waals surface area contributed by atoms with E-state index in [9.17, 15) is 9.13 Å². The quantitative estimate of drug-likeness (QED) is 0.414. The van der Waals surface area contributed by atoms with Crippen LogP contribution in [-0.4, -0.2) is 0 Å². The molecule has 0 bridgehead atoms. The van der Waals surface area contributed by atoms with Gasteiger partial charge in [0.25, 0.3) is 0 Å². The van der Waals surface area contributed by atoms with Crippen LogP contribution in [0.15, 0.2) is 109 Å². The molecule has 0 saturated heterocycles. The van der Waals surface area contributed by atoms with E-state index in [1.165, 1.54) is 0 Å². The van der Waals surface area contributed by atoms with Crippen LogP contribution in [0.2, 0.25) is 0 Å². The van der Waals surface area contributed by atoms with Crippen LogP contribution in [0.4, 0.5) is 0 Å². The molecule has 0 aliphatic rings. The van der Waals surface area contributed by atoms with E-state index in [4.69, 9.17) is 4.74 Å². The smallest absolute Gasteiger partial charge is 0.419 e. The molecule has 4 aromatic rings. The molecule has 5 heteroatoms. The molecule has 0 heterocycles. The molecule has 140 valence electrons. The van der Waals surface area contributed by atoms with Crippen molar-refractivity contribution in [2.24, 2.45) is 0 Å². The van der Waals surface area contributed by atoms with Crippen molar-refractivity contribution in [3.8, 4) is 11.5 Å². The average molecular weight is 416 g/mol. The van der Waals surface area contributed by atoms with Crippen LogP contribution in [0.1, 0.15) is 0 Å². The van der Waals surface area contributed by atoms with E-state index >= 15 is 0 Å². The highest BCUT2D eigenvalue weighted by molar-refractivity contribution is 7.62. The number of benzene rings is 4. The molecule has 0 radical (unpaired) electrons. The highest BCUT2D eigenvalue weighted by Gasteiger charge is 2.31. The Bertz CT molecular complexity index is 1070. The maximum Gasteiger partial charge on any atom is 0.419 e. The van der Waals surface area contributed by atoms with Gasteiger partial charge in [-0.05, 0) is 48.5 Å². The second-order valence-corrected chi connectivity index (χ2v) is 9.47. The summed E-state index contributed by atoms with van der Waals surface area (Å²) in [5, 5.41) is 2.70. The zero-order chi connectivity index (χ0) is 20.1. The van der Waals surface area contributed by atoms with Gasteiger partial charge in [0.05, 0.1) is 0 Å². The Kier molecular flexibility index (Phi) is 5.91. The monoisotopic (exact) mass is 416 g/mol. The third-order valence-electron chi connectivity index (χ3n) is 4.37. The molecule has 29 heavy (non-hydrogen) atoms.